The van der Waals surface area contributed by atoms with Gasteiger partial charge in [0.25, 0.3) is 5.91 Å². The third kappa shape index (κ3) is 3.27. The lowest BCUT2D eigenvalue weighted by atomic mass is 10.1. The van der Waals surface area contributed by atoms with Gasteiger partial charge in [0.1, 0.15) is 5.69 Å². The first kappa shape index (κ1) is 13.0. The highest BCUT2D eigenvalue weighted by Crippen LogP contribution is 2.21. The molecule has 2 heterocycles. The second-order valence-electron chi connectivity index (χ2n) is 4.35. The van der Waals surface area contributed by atoms with E-state index in [1.54, 1.807) is 13.2 Å². The minimum absolute atomic E-state index is 0.146. The van der Waals surface area contributed by atoms with Gasteiger partial charge in [-0.05, 0) is 31.5 Å². The molecule has 2 rings (SSSR count). The number of rotatable bonds is 5. The molecule has 0 bridgehead atoms. The molecule has 18 heavy (non-hydrogen) atoms. The van der Waals surface area contributed by atoms with Crippen molar-refractivity contribution in [3.05, 3.63) is 29.6 Å². The second kappa shape index (κ2) is 6.47. The molecule has 0 radical (unpaired) electrons. The van der Waals surface area contributed by atoms with Crippen LogP contribution in [0.5, 0.6) is 0 Å². The van der Waals surface area contributed by atoms with E-state index in [4.69, 9.17) is 4.74 Å². The molecule has 0 unspecified atom stereocenters. The average Bonchev–Trinajstić information content (AvgIpc) is 2.93. The van der Waals surface area contributed by atoms with Gasteiger partial charge in [-0.25, -0.2) is 4.98 Å². The monoisotopic (exact) mass is 249 g/mol. The molecule has 1 aromatic heterocycles. The summed E-state index contributed by atoms with van der Waals surface area (Å²) >= 11 is 0. The number of amides is 1. The van der Waals surface area contributed by atoms with Gasteiger partial charge in [0.05, 0.1) is 12.3 Å². The summed E-state index contributed by atoms with van der Waals surface area (Å²) < 4.78 is 4.89. The molecule has 1 amide bonds. The minimum atomic E-state index is -0.146. The average molecular weight is 249 g/mol. The number of carbonyl (C=O) groups excluding carboxylic acids is 1. The van der Waals surface area contributed by atoms with Crippen LogP contribution in [0.15, 0.2) is 18.2 Å². The van der Waals surface area contributed by atoms with E-state index in [1.165, 1.54) is 0 Å². The number of aromatic nitrogens is 1. The van der Waals surface area contributed by atoms with Crippen LogP contribution in [0.1, 0.15) is 35.1 Å². The molecule has 98 valence electrons. The van der Waals surface area contributed by atoms with Gasteiger partial charge in [-0.1, -0.05) is 6.07 Å². The highest BCUT2D eigenvalue weighted by molar-refractivity contribution is 5.92. The Hall–Kier alpha value is -1.46. The number of methoxy groups -OCH3 is 1. The lowest BCUT2D eigenvalue weighted by molar-refractivity contribution is 0.0932. The Morgan fingerprint density at radius 1 is 1.61 bits per heavy atom. The van der Waals surface area contributed by atoms with Gasteiger partial charge in [-0.2, -0.15) is 0 Å². The van der Waals surface area contributed by atoms with Crippen molar-refractivity contribution in [3.8, 4) is 0 Å². The molecule has 1 saturated heterocycles. The van der Waals surface area contributed by atoms with E-state index in [1.807, 2.05) is 12.1 Å². The van der Waals surface area contributed by atoms with Crippen LogP contribution in [0.3, 0.4) is 0 Å². The lowest BCUT2D eigenvalue weighted by Crippen LogP contribution is -2.28. The zero-order valence-electron chi connectivity index (χ0n) is 10.6. The summed E-state index contributed by atoms with van der Waals surface area (Å²) in [5.74, 6) is -0.146. The Morgan fingerprint density at radius 3 is 3.22 bits per heavy atom. The quantitative estimate of drug-likeness (QED) is 0.760. The summed E-state index contributed by atoms with van der Waals surface area (Å²) in [5, 5.41) is 6.15. The van der Waals surface area contributed by atoms with Gasteiger partial charge >= 0.3 is 0 Å². The largest absolute Gasteiger partial charge is 0.383 e. The van der Waals surface area contributed by atoms with Crippen molar-refractivity contribution < 1.29 is 9.53 Å². The van der Waals surface area contributed by atoms with Crippen molar-refractivity contribution in [2.45, 2.75) is 18.9 Å². The summed E-state index contributed by atoms with van der Waals surface area (Å²) in [5.41, 5.74) is 1.42. The molecule has 0 aromatic carbocycles. The van der Waals surface area contributed by atoms with Crippen LogP contribution in [-0.2, 0) is 4.74 Å². The summed E-state index contributed by atoms with van der Waals surface area (Å²) in [6.07, 6.45) is 2.25. The van der Waals surface area contributed by atoms with Crippen LogP contribution in [0.2, 0.25) is 0 Å². The molecule has 1 aliphatic rings. The third-order valence-corrected chi connectivity index (χ3v) is 3.01. The molecule has 0 aliphatic carbocycles. The van der Waals surface area contributed by atoms with Gasteiger partial charge in [0, 0.05) is 19.7 Å². The van der Waals surface area contributed by atoms with Crippen LogP contribution >= 0.6 is 0 Å². The van der Waals surface area contributed by atoms with Crippen LogP contribution in [0.4, 0.5) is 0 Å². The summed E-state index contributed by atoms with van der Waals surface area (Å²) in [7, 11) is 1.61. The smallest absolute Gasteiger partial charge is 0.269 e. The SMILES string of the molecule is COCCNC(=O)c1cccc([C@@H]2CCCN2)n1. The van der Waals surface area contributed by atoms with Gasteiger partial charge in [-0.15, -0.1) is 0 Å². The molecule has 5 nitrogen and oxygen atoms in total. The molecule has 1 aliphatic heterocycles. The molecule has 0 spiro atoms. The summed E-state index contributed by atoms with van der Waals surface area (Å²) in [4.78, 5) is 16.3. The van der Waals surface area contributed by atoms with Gasteiger partial charge < -0.3 is 15.4 Å². The maximum absolute atomic E-state index is 11.8. The summed E-state index contributed by atoms with van der Waals surface area (Å²) in [6, 6.07) is 5.88. The highest BCUT2D eigenvalue weighted by Gasteiger charge is 2.18. The first-order chi connectivity index (χ1) is 8.81. The third-order valence-electron chi connectivity index (χ3n) is 3.01. The van der Waals surface area contributed by atoms with Gasteiger partial charge in [-0.3, -0.25) is 4.79 Å². The number of nitrogens with zero attached hydrogens (tertiary/aromatic N) is 1. The van der Waals surface area contributed by atoms with E-state index in [9.17, 15) is 4.79 Å². The Labute approximate surface area is 107 Å². The van der Waals surface area contributed by atoms with Crippen LogP contribution in [0, 0.1) is 0 Å². The molecule has 0 saturated carbocycles. The van der Waals surface area contributed by atoms with Crippen molar-refractivity contribution >= 4 is 5.91 Å². The molecule has 2 N–H and O–H groups in total. The predicted molar refractivity (Wildman–Crippen MR) is 68.4 cm³/mol. The lowest BCUT2D eigenvalue weighted by Gasteiger charge is -2.11. The van der Waals surface area contributed by atoms with Crippen molar-refractivity contribution in [1.82, 2.24) is 15.6 Å². The van der Waals surface area contributed by atoms with Gasteiger partial charge in [0.2, 0.25) is 0 Å². The number of hydrogen-bond acceptors (Lipinski definition) is 4. The van der Waals surface area contributed by atoms with E-state index < -0.39 is 0 Å². The van der Waals surface area contributed by atoms with E-state index in [0.29, 0.717) is 18.8 Å². The normalized spacial score (nSPS) is 18.8. The van der Waals surface area contributed by atoms with Crippen molar-refractivity contribution in [2.24, 2.45) is 0 Å². The molecular formula is C13H19N3O2. The first-order valence-electron chi connectivity index (χ1n) is 6.28. The topological polar surface area (TPSA) is 63.2 Å². The van der Waals surface area contributed by atoms with Crippen LogP contribution in [-0.4, -0.2) is 37.7 Å². The highest BCUT2D eigenvalue weighted by atomic mass is 16.5. The van der Waals surface area contributed by atoms with Crippen molar-refractivity contribution in [1.29, 1.82) is 0 Å². The maximum atomic E-state index is 11.8. The zero-order chi connectivity index (χ0) is 12.8. The maximum Gasteiger partial charge on any atom is 0.269 e. The van der Waals surface area contributed by atoms with Gasteiger partial charge in [0.15, 0.2) is 0 Å². The number of ether oxygens (including phenoxy) is 1. The predicted octanol–water partition coefficient (Wildman–Crippen LogP) is 0.882. The molecule has 1 fully saturated rings. The number of pyridine rings is 1. The number of nitrogens with one attached hydrogen (secondary N) is 2. The molecule has 5 heteroatoms. The number of hydrogen-bond donors (Lipinski definition) is 2. The number of carbonyl (C=O) groups is 1. The van der Waals surface area contributed by atoms with E-state index in [-0.39, 0.29) is 11.9 Å². The Balaban J connectivity index is 1.99. The minimum Gasteiger partial charge on any atom is -0.383 e. The van der Waals surface area contributed by atoms with Crippen molar-refractivity contribution in [3.63, 3.8) is 0 Å². The summed E-state index contributed by atoms with van der Waals surface area (Å²) in [6.45, 7) is 2.04. The zero-order valence-corrected chi connectivity index (χ0v) is 10.6. The first-order valence-corrected chi connectivity index (χ1v) is 6.28. The Kier molecular flexibility index (Phi) is 4.66. The Morgan fingerprint density at radius 2 is 2.50 bits per heavy atom. The van der Waals surface area contributed by atoms with Crippen LogP contribution < -0.4 is 10.6 Å². The molecule has 1 atom stereocenters. The fourth-order valence-electron chi connectivity index (χ4n) is 2.07. The Bertz CT molecular complexity index is 403. The fraction of sp³-hybridized carbons (Fsp3) is 0.538. The second-order valence-corrected chi connectivity index (χ2v) is 4.35. The molecule has 1 aromatic rings. The van der Waals surface area contributed by atoms with E-state index in [0.717, 1.165) is 25.1 Å². The standard InChI is InChI=1S/C13H19N3O2/c1-18-9-8-15-13(17)12-5-2-4-11(16-12)10-6-3-7-14-10/h2,4-5,10,14H,3,6-9H2,1H3,(H,15,17)/t10-/m0/s1. The van der Waals surface area contributed by atoms with E-state index in [2.05, 4.69) is 15.6 Å². The van der Waals surface area contributed by atoms with E-state index >= 15 is 0 Å². The fourth-order valence-corrected chi connectivity index (χ4v) is 2.07. The van der Waals surface area contributed by atoms with Crippen molar-refractivity contribution in [2.75, 3.05) is 26.8 Å². The van der Waals surface area contributed by atoms with Crippen LogP contribution in [0.25, 0.3) is 0 Å². The molecular weight excluding hydrogens is 230 g/mol.